The molecule has 0 aliphatic carbocycles. The molecule has 3 N–H and O–H groups in total. The zero-order valence-corrected chi connectivity index (χ0v) is 19.5. The van der Waals surface area contributed by atoms with Gasteiger partial charge in [0.15, 0.2) is 5.75 Å². The van der Waals surface area contributed by atoms with Crippen LogP contribution in [0.4, 0.5) is 17.1 Å². The summed E-state index contributed by atoms with van der Waals surface area (Å²) < 4.78 is 25.6. The van der Waals surface area contributed by atoms with Crippen LogP contribution in [0.3, 0.4) is 0 Å². The van der Waals surface area contributed by atoms with Crippen molar-refractivity contribution in [2.24, 2.45) is 0 Å². The van der Waals surface area contributed by atoms with Gasteiger partial charge < -0.3 is 15.7 Å². The summed E-state index contributed by atoms with van der Waals surface area (Å²) in [6, 6.07) is 11.6. The van der Waals surface area contributed by atoms with Crippen molar-refractivity contribution in [1.29, 1.82) is 0 Å². The van der Waals surface area contributed by atoms with Gasteiger partial charge in [0.2, 0.25) is 0 Å². The van der Waals surface area contributed by atoms with Gasteiger partial charge in [-0.2, -0.15) is 0 Å². The lowest BCUT2D eigenvalue weighted by atomic mass is 10.0. The number of benzene rings is 2. The maximum absolute atomic E-state index is 12.7. The van der Waals surface area contributed by atoms with E-state index in [-0.39, 0.29) is 32.8 Å². The molecule has 3 aromatic rings. The minimum atomic E-state index is -4.52. The second-order valence-electron chi connectivity index (χ2n) is 6.89. The molecular formula is C21H22ClN3O7S. The second-order valence-corrected chi connectivity index (χ2v) is 8.95. The third-order valence-electron chi connectivity index (χ3n) is 4.93. The highest BCUT2D eigenvalue weighted by Gasteiger charge is 2.33. The van der Waals surface area contributed by atoms with Crippen LogP contribution in [-0.2, 0) is 19.7 Å². The molecule has 0 aliphatic heterocycles. The van der Waals surface area contributed by atoms with E-state index in [1.165, 1.54) is 12.1 Å². The van der Waals surface area contributed by atoms with Crippen molar-refractivity contribution in [3.63, 3.8) is 0 Å². The van der Waals surface area contributed by atoms with E-state index in [1.54, 1.807) is 0 Å². The first-order chi connectivity index (χ1) is 15.7. The summed E-state index contributed by atoms with van der Waals surface area (Å²) in [7, 11) is -2.43. The molecule has 0 amide bonds. The van der Waals surface area contributed by atoms with Crippen molar-refractivity contribution >= 4 is 38.7 Å². The highest BCUT2D eigenvalue weighted by molar-refractivity contribution is 7.89. The van der Waals surface area contributed by atoms with Gasteiger partial charge in [-0.15, -0.1) is 0 Å². The smallest absolute Gasteiger partial charge is 0.294 e. The fourth-order valence-electron chi connectivity index (χ4n) is 3.30. The summed E-state index contributed by atoms with van der Waals surface area (Å²) in [5.74, 6) is -0.782. The maximum atomic E-state index is 12.7. The minimum absolute atomic E-state index is 0.0323. The zero-order chi connectivity index (χ0) is 24.3. The molecule has 0 radical (unpaired) electrons. The topological polar surface area (TPSA) is 134 Å². The molecular weight excluding hydrogens is 474 g/mol. The highest BCUT2D eigenvalue weighted by Crippen LogP contribution is 2.40. The van der Waals surface area contributed by atoms with Gasteiger partial charge in [0, 0.05) is 0 Å². The number of rotatable bonds is 10. The van der Waals surface area contributed by atoms with Crippen LogP contribution in [0.1, 0.15) is 24.9 Å². The van der Waals surface area contributed by atoms with Gasteiger partial charge in [-0.05, 0) is 24.1 Å². The Morgan fingerprint density at radius 2 is 1.64 bits per heavy atom. The van der Waals surface area contributed by atoms with Crippen molar-refractivity contribution in [3.8, 4) is 5.75 Å². The molecule has 176 valence electrons. The molecule has 0 saturated heterocycles. The Hall–Kier alpha value is -2.96. The van der Waals surface area contributed by atoms with Crippen LogP contribution in [0.15, 0.2) is 56.9 Å². The fourth-order valence-corrected chi connectivity index (χ4v) is 4.96. The molecule has 3 rings (SSSR count). The van der Waals surface area contributed by atoms with Gasteiger partial charge >= 0.3 is 0 Å². The first kappa shape index (κ1) is 24.7. The van der Waals surface area contributed by atoms with E-state index in [1.807, 2.05) is 37.3 Å². The van der Waals surface area contributed by atoms with Gasteiger partial charge in [-0.1, -0.05) is 48.9 Å². The molecule has 0 saturated carbocycles. The maximum Gasteiger partial charge on any atom is 0.294 e. The quantitative estimate of drug-likeness (QED) is 0.220. The largest absolute Gasteiger partial charge is 0.504 e. The molecule has 12 heteroatoms. The molecule has 0 aromatic heterocycles. The standard InChI is InChI=1S/C21H22ClN3O7S/c1-4-14(12-8-6-5-7-9-12)23-16-17(20(28)19(16)27)24-15-11-10-13(22)21(18(15)26)33(29,30)25(31-2)32-3/h5-11,14,23-24,26H,4H2,1-3H3/t14-/m1/s1. The average Bonchev–Trinajstić information content (AvgIpc) is 2.80. The van der Waals surface area contributed by atoms with E-state index in [0.717, 1.165) is 19.8 Å². The number of nitrogens with one attached hydrogen (secondary N) is 2. The minimum Gasteiger partial charge on any atom is -0.504 e. The lowest BCUT2D eigenvalue weighted by molar-refractivity contribution is -0.270. The Labute approximate surface area is 195 Å². The number of nitrogens with zero attached hydrogens (tertiary/aromatic N) is 1. The number of anilines is 3. The van der Waals surface area contributed by atoms with E-state index >= 15 is 0 Å². The Balaban J connectivity index is 1.99. The number of hydrogen-bond acceptors (Lipinski definition) is 9. The third-order valence-corrected chi connectivity index (χ3v) is 6.98. The van der Waals surface area contributed by atoms with Crippen molar-refractivity contribution in [2.75, 3.05) is 24.9 Å². The second kappa shape index (κ2) is 9.89. The van der Waals surface area contributed by atoms with Crippen LogP contribution in [0, 0.1) is 0 Å². The number of aromatic hydroxyl groups is 1. The van der Waals surface area contributed by atoms with Crippen molar-refractivity contribution in [2.45, 2.75) is 24.3 Å². The molecule has 0 heterocycles. The van der Waals surface area contributed by atoms with Crippen LogP contribution >= 0.6 is 11.6 Å². The third kappa shape index (κ3) is 4.59. The number of phenolic OH excluding ortho intramolecular Hbond substituents is 1. The van der Waals surface area contributed by atoms with Crippen LogP contribution in [0.2, 0.25) is 5.02 Å². The lowest BCUT2D eigenvalue weighted by Crippen LogP contribution is -2.37. The Kier molecular flexibility index (Phi) is 7.40. The monoisotopic (exact) mass is 495 g/mol. The highest BCUT2D eigenvalue weighted by atomic mass is 35.5. The molecule has 0 fully saturated rings. The first-order valence-electron chi connectivity index (χ1n) is 9.74. The summed E-state index contributed by atoms with van der Waals surface area (Å²) in [5.41, 5.74) is -0.850. The van der Waals surface area contributed by atoms with E-state index in [9.17, 15) is 23.1 Å². The van der Waals surface area contributed by atoms with Gasteiger partial charge in [0.25, 0.3) is 20.9 Å². The number of hydrogen-bond donors (Lipinski definition) is 3. The molecule has 0 aliphatic rings. The molecule has 0 spiro atoms. The summed E-state index contributed by atoms with van der Waals surface area (Å²) in [5, 5.41) is 16.0. The van der Waals surface area contributed by atoms with Crippen LogP contribution in [-0.4, -0.2) is 32.4 Å². The molecule has 0 bridgehead atoms. The predicted molar refractivity (Wildman–Crippen MR) is 124 cm³/mol. The normalized spacial score (nSPS) is 12.8. The van der Waals surface area contributed by atoms with Gasteiger partial charge in [-0.3, -0.25) is 19.3 Å². The van der Waals surface area contributed by atoms with Crippen molar-refractivity contribution in [1.82, 2.24) is 4.63 Å². The molecule has 0 unspecified atom stereocenters. The number of halogens is 1. The SMILES string of the molecule is CC[C@@H](Nc1c(Nc2ccc(Cl)c(S(=O)(=O)N(OC)OC)c2O)c(=O)c1=O)c1ccccc1. The predicted octanol–water partition coefficient (Wildman–Crippen LogP) is 3.06. The molecule has 1 atom stereocenters. The number of phenols is 1. The Bertz CT molecular complexity index is 1320. The lowest BCUT2D eigenvalue weighted by Gasteiger charge is -2.23. The van der Waals surface area contributed by atoms with Crippen LogP contribution in [0.5, 0.6) is 5.75 Å². The van der Waals surface area contributed by atoms with Gasteiger partial charge in [-0.25, -0.2) is 8.42 Å². The molecule has 33 heavy (non-hydrogen) atoms. The summed E-state index contributed by atoms with van der Waals surface area (Å²) in [6.07, 6.45) is 0.626. The van der Waals surface area contributed by atoms with E-state index in [0.29, 0.717) is 6.42 Å². The van der Waals surface area contributed by atoms with Crippen molar-refractivity contribution < 1.29 is 23.2 Å². The van der Waals surface area contributed by atoms with E-state index in [4.69, 9.17) is 11.6 Å². The summed E-state index contributed by atoms with van der Waals surface area (Å²) >= 11 is 6.01. The fraction of sp³-hybridized carbons (Fsp3) is 0.238. The van der Waals surface area contributed by atoms with Gasteiger partial charge in [0.1, 0.15) is 16.3 Å². The Morgan fingerprint density at radius 1 is 1.03 bits per heavy atom. The van der Waals surface area contributed by atoms with Crippen molar-refractivity contribution in [3.05, 3.63) is 73.5 Å². The summed E-state index contributed by atoms with van der Waals surface area (Å²) in [4.78, 5) is 33.1. The van der Waals surface area contributed by atoms with Crippen LogP contribution < -0.4 is 21.5 Å². The number of sulfonamides is 1. The average molecular weight is 496 g/mol. The Morgan fingerprint density at radius 3 is 2.21 bits per heavy atom. The van der Waals surface area contributed by atoms with Crippen LogP contribution in [0.25, 0.3) is 0 Å². The first-order valence-corrected chi connectivity index (χ1v) is 11.6. The van der Waals surface area contributed by atoms with E-state index in [2.05, 4.69) is 20.3 Å². The zero-order valence-electron chi connectivity index (χ0n) is 18.0. The molecule has 10 nitrogen and oxygen atoms in total. The van der Waals surface area contributed by atoms with E-state index < -0.39 is 31.5 Å². The molecule has 3 aromatic carbocycles. The van der Waals surface area contributed by atoms with Gasteiger partial charge in [0.05, 0.1) is 35.6 Å². The summed E-state index contributed by atoms with van der Waals surface area (Å²) in [6.45, 7) is 1.92.